The van der Waals surface area contributed by atoms with E-state index in [1.807, 2.05) is 0 Å². The number of rotatable bonds is 1. The SMILES string of the molecule is CC(=O)[C@@H]1C[C@@](C)(F)CN1C. The maximum Gasteiger partial charge on any atom is 0.147 e. The van der Waals surface area contributed by atoms with Crippen molar-refractivity contribution in [3.05, 3.63) is 0 Å². The van der Waals surface area contributed by atoms with E-state index in [0.29, 0.717) is 13.0 Å². The van der Waals surface area contributed by atoms with Crippen LogP contribution in [0.5, 0.6) is 0 Å². The van der Waals surface area contributed by atoms with E-state index in [-0.39, 0.29) is 11.8 Å². The molecule has 0 aromatic rings. The van der Waals surface area contributed by atoms with Gasteiger partial charge in [0.1, 0.15) is 11.5 Å². The maximum atomic E-state index is 13.3. The van der Waals surface area contributed by atoms with Crippen LogP contribution in [0.25, 0.3) is 0 Å². The molecule has 2 nitrogen and oxygen atoms in total. The van der Waals surface area contributed by atoms with Gasteiger partial charge in [-0.15, -0.1) is 0 Å². The molecule has 11 heavy (non-hydrogen) atoms. The lowest BCUT2D eigenvalue weighted by Gasteiger charge is -2.14. The second kappa shape index (κ2) is 2.55. The van der Waals surface area contributed by atoms with Crippen molar-refractivity contribution in [3.8, 4) is 0 Å². The van der Waals surface area contributed by atoms with Crippen molar-refractivity contribution in [2.75, 3.05) is 13.6 Å². The van der Waals surface area contributed by atoms with Gasteiger partial charge in [-0.25, -0.2) is 4.39 Å². The Morgan fingerprint density at radius 1 is 1.73 bits per heavy atom. The fourth-order valence-corrected chi connectivity index (χ4v) is 1.71. The first-order valence-corrected chi connectivity index (χ1v) is 3.82. The molecule has 0 saturated carbocycles. The van der Waals surface area contributed by atoms with Crippen LogP contribution in [-0.2, 0) is 4.79 Å². The van der Waals surface area contributed by atoms with Gasteiger partial charge >= 0.3 is 0 Å². The topological polar surface area (TPSA) is 20.3 Å². The van der Waals surface area contributed by atoms with E-state index in [1.54, 1.807) is 18.9 Å². The summed E-state index contributed by atoms with van der Waals surface area (Å²) in [7, 11) is 1.79. The van der Waals surface area contributed by atoms with Crippen LogP contribution in [-0.4, -0.2) is 36.0 Å². The van der Waals surface area contributed by atoms with Crippen molar-refractivity contribution in [3.63, 3.8) is 0 Å². The molecule has 0 aromatic heterocycles. The second-order valence-corrected chi connectivity index (χ2v) is 3.66. The van der Waals surface area contributed by atoms with Crippen LogP contribution in [0.2, 0.25) is 0 Å². The van der Waals surface area contributed by atoms with Crippen molar-refractivity contribution in [1.29, 1.82) is 0 Å². The summed E-state index contributed by atoms with van der Waals surface area (Å²) >= 11 is 0. The van der Waals surface area contributed by atoms with E-state index < -0.39 is 5.67 Å². The number of ketones is 1. The van der Waals surface area contributed by atoms with Gasteiger partial charge in [0, 0.05) is 13.0 Å². The largest absolute Gasteiger partial charge is 0.298 e. The van der Waals surface area contributed by atoms with Gasteiger partial charge in [-0.1, -0.05) is 0 Å². The lowest BCUT2D eigenvalue weighted by molar-refractivity contribution is -0.120. The fourth-order valence-electron chi connectivity index (χ4n) is 1.71. The smallest absolute Gasteiger partial charge is 0.147 e. The zero-order chi connectivity index (χ0) is 8.65. The zero-order valence-corrected chi connectivity index (χ0v) is 7.22. The van der Waals surface area contributed by atoms with Crippen molar-refractivity contribution in [2.45, 2.75) is 32.0 Å². The Hall–Kier alpha value is -0.440. The third-order valence-corrected chi connectivity index (χ3v) is 2.20. The molecule has 0 aliphatic carbocycles. The van der Waals surface area contributed by atoms with Crippen LogP contribution < -0.4 is 0 Å². The second-order valence-electron chi connectivity index (χ2n) is 3.66. The third kappa shape index (κ3) is 1.77. The maximum absolute atomic E-state index is 13.3. The predicted molar refractivity (Wildman–Crippen MR) is 41.2 cm³/mol. The summed E-state index contributed by atoms with van der Waals surface area (Å²) < 4.78 is 13.3. The van der Waals surface area contributed by atoms with Crippen LogP contribution in [0.4, 0.5) is 4.39 Å². The first kappa shape index (κ1) is 8.65. The average molecular weight is 159 g/mol. The molecule has 2 atom stereocenters. The van der Waals surface area contributed by atoms with Crippen LogP contribution >= 0.6 is 0 Å². The van der Waals surface area contributed by atoms with Crippen LogP contribution in [0, 0.1) is 0 Å². The first-order chi connectivity index (χ1) is 4.92. The van der Waals surface area contributed by atoms with Crippen LogP contribution in [0.15, 0.2) is 0 Å². The molecule has 0 N–H and O–H groups in total. The fraction of sp³-hybridized carbons (Fsp3) is 0.875. The molecular weight excluding hydrogens is 145 g/mol. The normalized spacial score (nSPS) is 39.5. The molecule has 3 heteroatoms. The Morgan fingerprint density at radius 2 is 2.27 bits per heavy atom. The molecular formula is C8H14FNO. The molecule has 1 aliphatic rings. The lowest BCUT2D eigenvalue weighted by Crippen LogP contribution is -2.31. The highest BCUT2D eigenvalue weighted by atomic mass is 19.1. The lowest BCUT2D eigenvalue weighted by atomic mass is 10.0. The third-order valence-electron chi connectivity index (χ3n) is 2.20. The van der Waals surface area contributed by atoms with Crippen molar-refractivity contribution in [2.24, 2.45) is 0 Å². The molecule has 0 unspecified atom stereocenters. The number of Topliss-reactive ketones (excluding diaryl/α,β-unsaturated/α-hetero) is 1. The minimum Gasteiger partial charge on any atom is -0.298 e. The molecule has 1 aliphatic heterocycles. The van der Waals surface area contributed by atoms with E-state index in [2.05, 4.69) is 0 Å². The quantitative estimate of drug-likeness (QED) is 0.569. The summed E-state index contributed by atoms with van der Waals surface area (Å²) in [6.07, 6.45) is 0.346. The molecule has 1 heterocycles. The van der Waals surface area contributed by atoms with Gasteiger partial charge in [-0.3, -0.25) is 9.69 Å². The van der Waals surface area contributed by atoms with E-state index in [0.717, 1.165) is 0 Å². The number of likely N-dealkylation sites (tertiary alicyclic amines) is 1. The summed E-state index contributed by atoms with van der Waals surface area (Å²) in [6.45, 7) is 3.44. The average Bonchev–Trinajstić information content (AvgIpc) is 2.05. The molecule has 0 radical (unpaired) electrons. The minimum atomic E-state index is -1.18. The van der Waals surface area contributed by atoms with Crippen molar-refractivity contribution in [1.82, 2.24) is 4.90 Å². The van der Waals surface area contributed by atoms with Gasteiger partial charge in [-0.05, 0) is 20.9 Å². The van der Waals surface area contributed by atoms with Crippen molar-refractivity contribution >= 4 is 5.78 Å². The van der Waals surface area contributed by atoms with E-state index in [4.69, 9.17) is 0 Å². The van der Waals surface area contributed by atoms with E-state index in [9.17, 15) is 9.18 Å². The Labute approximate surface area is 66.4 Å². The van der Waals surface area contributed by atoms with E-state index in [1.165, 1.54) is 6.92 Å². The molecule has 1 rings (SSSR count). The number of hydrogen-bond acceptors (Lipinski definition) is 2. The monoisotopic (exact) mass is 159 g/mol. The van der Waals surface area contributed by atoms with Crippen LogP contribution in [0.3, 0.4) is 0 Å². The molecule has 1 fully saturated rings. The molecule has 0 aromatic carbocycles. The summed E-state index contributed by atoms with van der Waals surface area (Å²) in [5.74, 6) is 0.0638. The molecule has 1 saturated heterocycles. The summed E-state index contributed by atoms with van der Waals surface area (Å²) in [4.78, 5) is 12.7. The Morgan fingerprint density at radius 3 is 2.45 bits per heavy atom. The minimum absolute atomic E-state index is 0.0638. The highest BCUT2D eigenvalue weighted by Crippen LogP contribution is 2.29. The van der Waals surface area contributed by atoms with Gasteiger partial charge in [0.25, 0.3) is 0 Å². The zero-order valence-electron chi connectivity index (χ0n) is 7.22. The number of alkyl halides is 1. The van der Waals surface area contributed by atoms with Gasteiger partial charge in [-0.2, -0.15) is 0 Å². The van der Waals surface area contributed by atoms with Crippen LogP contribution in [0.1, 0.15) is 20.3 Å². The molecule has 0 bridgehead atoms. The summed E-state index contributed by atoms with van der Waals surface area (Å²) in [5, 5.41) is 0. The Kier molecular flexibility index (Phi) is 2.01. The number of likely N-dealkylation sites (N-methyl/N-ethyl adjacent to an activating group) is 1. The summed E-state index contributed by atoms with van der Waals surface area (Å²) in [6, 6.07) is -0.204. The number of carbonyl (C=O) groups is 1. The highest BCUT2D eigenvalue weighted by molar-refractivity contribution is 5.81. The predicted octanol–water partition coefficient (Wildman–Crippen LogP) is 1.01. The number of hydrogen-bond donors (Lipinski definition) is 0. The van der Waals surface area contributed by atoms with E-state index >= 15 is 0 Å². The van der Waals surface area contributed by atoms with Gasteiger partial charge in [0.2, 0.25) is 0 Å². The highest BCUT2D eigenvalue weighted by Gasteiger charge is 2.40. The Bertz CT molecular complexity index is 179. The molecule has 64 valence electrons. The molecule has 0 spiro atoms. The Balaban J connectivity index is 2.66. The number of halogens is 1. The van der Waals surface area contributed by atoms with Crippen molar-refractivity contribution < 1.29 is 9.18 Å². The molecule has 0 amide bonds. The standard InChI is InChI=1S/C8H14FNO/c1-6(11)7-4-8(2,9)5-10(7)3/h7H,4-5H2,1-3H3/t7-,8+/m0/s1. The summed E-state index contributed by atoms with van der Waals surface area (Å²) in [5.41, 5.74) is -1.18. The van der Waals surface area contributed by atoms with Gasteiger partial charge < -0.3 is 0 Å². The number of carbonyl (C=O) groups excluding carboxylic acids is 1. The van der Waals surface area contributed by atoms with Gasteiger partial charge in [0.05, 0.1) is 6.04 Å². The first-order valence-electron chi connectivity index (χ1n) is 3.82. The van der Waals surface area contributed by atoms with Gasteiger partial charge in [0.15, 0.2) is 0 Å². The number of nitrogens with zero attached hydrogens (tertiary/aromatic N) is 1.